The lowest BCUT2D eigenvalue weighted by Gasteiger charge is -2.36. The molecule has 4 heteroatoms. The van der Waals surface area contributed by atoms with Gasteiger partial charge in [-0.05, 0) is 60.2 Å². The molecule has 0 heterocycles. The molecule has 142 valence electrons. The largest absolute Gasteiger partial charge is 0.322 e. The molecule has 2 amide bonds. The number of carbonyl (C=O) groups is 1. The first-order chi connectivity index (χ1) is 13.7. The Hall–Kier alpha value is -3.14. The molecule has 1 atom stereocenters. The first kappa shape index (κ1) is 18.2. The van der Waals surface area contributed by atoms with E-state index >= 15 is 0 Å². The van der Waals surface area contributed by atoms with Gasteiger partial charge in [0.05, 0.1) is 6.04 Å². The standard InChI is InChI=1S/C24H23FN2O/c25-20-15-13-18(14-16-20)17-27(24(28)26-21-9-2-1-3-10-21)23-12-6-8-19-7-4-5-11-22(19)23/h1-5,7,9-11,13-16,23H,6,8,12,17H2,(H,26,28). The first-order valence-corrected chi connectivity index (χ1v) is 9.65. The van der Waals surface area contributed by atoms with Crippen molar-refractivity contribution in [3.63, 3.8) is 0 Å². The molecule has 0 fully saturated rings. The third-order valence-electron chi connectivity index (χ3n) is 5.27. The summed E-state index contributed by atoms with van der Waals surface area (Å²) in [5.41, 5.74) is 4.18. The van der Waals surface area contributed by atoms with Crippen LogP contribution < -0.4 is 5.32 Å². The lowest BCUT2D eigenvalue weighted by molar-refractivity contribution is 0.175. The molecule has 3 nitrogen and oxygen atoms in total. The molecule has 0 aliphatic heterocycles. The fourth-order valence-electron chi connectivity index (χ4n) is 3.88. The SMILES string of the molecule is O=C(Nc1ccccc1)N(Cc1ccc(F)cc1)C1CCCc2ccccc21. The van der Waals surface area contributed by atoms with E-state index in [0.717, 1.165) is 30.5 Å². The molecule has 3 aromatic carbocycles. The number of nitrogens with one attached hydrogen (secondary N) is 1. The molecule has 0 bridgehead atoms. The summed E-state index contributed by atoms with van der Waals surface area (Å²) in [4.78, 5) is 15.1. The Balaban J connectivity index is 1.65. The number of amides is 2. The zero-order valence-corrected chi connectivity index (χ0v) is 15.6. The quantitative estimate of drug-likeness (QED) is 0.602. The molecule has 0 saturated heterocycles. The lowest BCUT2D eigenvalue weighted by atomic mass is 9.86. The fourth-order valence-corrected chi connectivity index (χ4v) is 3.88. The van der Waals surface area contributed by atoms with Crippen molar-refractivity contribution in [3.05, 3.63) is 101 Å². The summed E-state index contributed by atoms with van der Waals surface area (Å²) in [6.07, 6.45) is 3.00. The molecule has 28 heavy (non-hydrogen) atoms. The summed E-state index contributed by atoms with van der Waals surface area (Å²) in [5, 5.41) is 3.01. The van der Waals surface area contributed by atoms with Crippen molar-refractivity contribution in [2.45, 2.75) is 31.8 Å². The predicted octanol–water partition coefficient (Wildman–Crippen LogP) is 5.94. The van der Waals surface area contributed by atoms with Gasteiger partial charge in [0, 0.05) is 12.2 Å². The van der Waals surface area contributed by atoms with Crippen LogP contribution in [0.3, 0.4) is 0 Å². The maximum atomic E-state index is 13.3. The highest BCUT2D eigenvalue weighted by Gasteiger charge is 2.29. The molecular formula is C24H23FN2O. The van der Waals surface area contributed by atoms with Gasteiger partial charge in [-0.15, -0.1) is 0 Å². The van der Waals surface area contributed by atoms with E-state index in [1.165, 1.54) is 23.3 Å². The molecule has 0 aromatic heterocycles. The van der Waals surface area contributed by atoms with E-state index in [-0.39, 0.29) is 17.9 Å². The second-order valence-corrected chi connectivity index (χ2v) is 7.16. The van der Waals surface area contributed by atoms with Crippen LogP contribution in [0.25, 0.3) is 0 Å². The van der Waals surface area contributed by atoms with E-state index in [0.29, 0.717) is 6.54 Å². The van der Waals surface area contributed by atoms with Crippen molar-refractivity contribution in [2.75, 3.05) is 5.32 Å². The van der Waals surface area contributed by atoms with E-state index < -0.39 is 0 Å². The molecular weight excluding hydrogens is 351 g/mol. The summed E-state index contributed by atoms with van der Waals surface area (Å²) in [6.45, 7) is 0.429. The second-order valence-electron chi connectivity index (χ2n) is 7.16. The number of para-hydroxylation sites is 1. The number of anilines is 1. The number of benzene rings is 3. The van der Waals surface area contributed by atoms with Crippen LogP contribution in [0, 0.1) is 5.82 Å². The van der Waals surface area contributed by atoms with Crippen LogP contribution in [0.1, 0.15) is 35.6 Å². The zero-order valence-electron chi connectivity index (χ0n) is 15.6. The minimum atomic E-state index is -0.271. The first-order valence-electron chi connectivity index (χ1n) is 9.65. The molecule has 0 saturated carbocycles. The maximum Gasteiger partial charge on any atom is 0.322 e. The fraction of sp³-hybridized carbons (Fsp3) is 0.208. The number of halogens is 1. The molecule has 4 rings (SSSR count). The third kappa shape index (κ3) is 4.06. The second kappa shape index (κ2) is 8.26. The Bertz CT molecular complexity index is 940. The van der Waals surface area contributed by atoms with Crippen molar-refractivity contribution in [1.82, 2.24) is 4.90 Å². The molecule has 0 radical (unpaired) electrons. The number of fused-ring (bicyclic) bond motifs is 1. The highest BCUT2D eigenvalue weighted by molar-refractivity contribution is 5.89. The van der Waals surface area contributed by atoms with Gasteiger partial charge in [-0.25, -0.2) is 9.18 Å². The van der Waals surface area contributed by atoms with Crippen molar-refractivity contribution < 1.29 is 9.18 Å². The van der Waals surface area contributed by atoms with Crippen molar-refractivity contribution in [1.29, 1.82) is 0 Å². The summed E-state index contributed by atoms with van der Waals surface area (Å²) in [7, 11) is 0. The number of hydrogen-bond donors (Lipinski definition) is 1. The van der Waals surface area contributed by atoms with Gasteiger partial charge in [0.25, 0.3) is 0 Å². The molecule has 1 aliphatic rings. The minimum absolute atomic E-state index is 0.00119. The zero-order chi connectivity index (χ0) is 19.3. The van der Waals surface area contributed by atoms with E-state index in [9.17, 15) is 9.18 Å². The van der Waals surface area contributed by atoms with E-state index in [1.807, 2.05) is 41.3 Å². The van der Waals surface area contributed by atoms with Crippen LogP contribution in [-0.2, 0) is 13.0 Å². The number of aryl methyl sites for hydroxylation is 1. The number of urea groups is 1. The Labute approximate surface area is 164 Å². The predicted molar refractivity (Wildman–Crippen MR) is 110 cm³/mol. The van der Waals surface area contributed by atoms with Crippen LogP contribution in [0.15, 0.2) is 78.9 Å². The van der Waals surface area contributed by atoms with Gasteiger partial charge < -0.3 is 10.2 Å². The number of carbonyl (C=O) groups excluding carboxylic acids is 1. The lowest BCUT2D eigenvalue weighted by Crippen LogP contribution is -2.39. The van der Waals surface area contributed by atoms with Gasteiger partial charge in [0.2, 0.25) is 0 Å². The van der Waals surface area contributed by atoms with Crippen LogP contribution in [0.4, 0.5) is 14.9 Å². The van der Waals surface area contributed by atoms with Gasteiger partial charge in [0.15, 0.2) is 0 Å². The molecule has 1 aliphatic carbocycles. The average Bonchev–Trinajstić information content (AvgIpc) is 2.74. The topological polar surface area (TPSA) is 32.3 Å². The maximum absolute atomic E-state index is 13.3. The third-order valence-corrected chi connectivity index (χ3v) is 5.27. The summed E-state index contributed by atoms with van der Waals surface area (Å²) >= 11 is 0. The van der Waals surface area contributed by atoms with E-state index in [1.54, 1.807) is 12.1 Å². The average molecular weight is 374 g/mol. The Kier molecular flexibility index (Phi) is 5.38. The van der Waals surface area contributed by atoms with Crippen molar-refractivity contribution >= 4 is 11.7 Å². The van der Waals surface area contributed by atoms with Gasteiger partial charge in [0.1, 0.15) is 5.82 Å². The minimum Gasteiger partial charge on any atom is -0.313 e. The van der Waals surface area contributed by atoms with Crippen LogP contribution >= 0.6 is 0 Å². The summed E-state index contributed by atoms with van der Waals surface area (Å²) in [6, 6.07) is 24.0. The van der Waals surface area contributed by atoms with Gasteiger partial charge in [-0.1, -0.05) is 54.6 Å². The van der Waals surface area contributed by atoms with E-state index in [2.05, 4.69) is 23.5 Å². The van der Waals surface area contributed by atoms with E-state index in [4.69, 9.17) is 0 Å². The van der Waals surface area contributed by atoms with Gasteiger partial charge >= 0.3 is 6.03 Å². The van der Waals surface area contributed by atoms with Crippen LogP contribution in [0.2, 0.25) is 0 Å². The van der Waals surface area contributed by atoms with Crippen molar-refractivity contribution in [3.8, 4) is 0 Å². The monoisotopic (exact) mass is 374 g/mol. The normalized spacial score (nSPS) is 15.5. The summed E-state index contributed by atoms with van der Waals surface area (Å²) < 4.78 is 13.3. The van der Waals surface area contributed by atoms with Crippen LogP contribution in [-0.4, -0.2) is 10.9 Å². The summed E-state index contributed by atoms with van der Waals surface area (Å²) in [5.74, 6) is -0.271. The van der Waals surface area contributed by atoms with Gasteiger partial charge in [-0.3, -0.25) is 0 Å². The molecule has 1 unspecified atom stereocenters. The number of rotatable bonds is 4. The molecule has 1 N–H and O–H groups in total. The molecule has 0 spiro atoms. The highest BCUT2D eigenvalue weighted by atomic mass is 19.1. The Morgan fingerprint density at radius 2 is 1.68 bits per heavy atom. The highest BCUT2D eigenvalue weighted by Crippen LogP contribution is 2.35. The molecule has 3 aromatic rings. The smallest absolute Gasteiger partial charge is 0.313 e. The van der Waals surface area contributed by atoms with Crippen LogP contribution in [0.5, 0.6) is 0 Å². The Morgan fingerprint density at radius 3 is 2.46 bits per heavy atom. The number of nitrogens with zero attached hydrogens (tertiary/aromatic N) is 1. The number of hydrogen-bond acceptors (Lipinski definition) is 1. The van der Waals surface area contributed by atoms with Gasteiger partial charge in [-0.2, -0.15) is 0 Å². The van der Waals surface area contributed by atoms with Crippen molar-refractivity contribution in [2.24, 2.45) is 0 Å². The Morgan fingerprint density at radius 1 is 0.964 bits per heavy atom.